The molecule has 6 heteroatoms. The Balaban J connectivity index is 1.73. The monoisotopic (exact) mass is 403 g/mol. The van der Waals surface area contributed by atoms with Crippen LogP contribution in [-0.4, -0.2) is 36.5 Å². The zero-order valence-electron chi connectivity index (χ0n) is 11.9. The lowest BCUT2D eigenvalue weighted by Gasteiger charge is -2.30. The standard InChI is InChI=1S/C15H18INO4/c1-11-6-8-17(9-7-11)14(18)10-20-15(19)5-3-12-2-4-13(16)21-12/h2-5,11H,6-10H2,1H3/b5-3+. The summed E-state index contributed by atoms with van der Waals surface area (Å²) >= 11 is 2.04. The summed E-state index contributed by atoms with van der Waals surface area (Å²) in [5.41, 5.74) is 0. The van der Waals surface area contributed by atoms with Crippen molar-refractivity contribution in [2.24, 2.45) is 5.92 Å². The molecule has 0 atom stereocenters. The van der Waals surface area contributed by atoms with E-state index in [1.54, 1.807) is 17.0 Å². The molecule has 0 bridgehead atoms. The fourth-order valence-electron chi connectivity index (χ4n) is 2.10. The van der Waals surface area contributed by atoms with Gasteiger partial charge in [-0.3, -0.25) is 4.79 Å². The molecule has 1 aromatic heterocycles. The largest absolute Gasteiger partial charge is 0.452 e. The summed E-state index contributed by atoms with van der Waals surface area (Å²) < 4.78 is 11.0. The maximum absolute atomic E-state index is 11.9. The average Bonchev–Trinajstić information content (AvgIpc) is 2.89. The van der Waals surface area contributed by atoms with E-state index in [0.717, 1.165) is 29.7 Å². The summed E-state index contributed by atoms with van der Waals surface area (Å²) in [5.74, 6) is 0.569. The molecule has 1 aromatic rings. The molecular weight excluding hydrogens is 385 g/mol. The molecule has 114 valence electrons. The Bertz CT molecular complexity index is 530. The van der Waals surface area contributed by atoms with E-state index in [4.69, 9.17) is 9.15 Å². The Morgan fingerprint density at radius 2 is 2.14 bits per heavy atom. The summed E-state index contributed by atoms with van der Waals surface area (Å²) in [7, 11) is 0. The molecule has 5 nitrogen and oxygen atoms in total. The van der Waals surface area contributed by atoms with Crippen LogP contribution in [0.5, 0.6) is 0 Å². The molecule has 0 N–H and O–H groups in total. The first-order valence-electron chi connectivity index (χ1n) is 6.92. The van der Waals surface area contributed by atoms with E-state index < -0.39 is 5.97 Å². The Morgan fingerprint density at radius 3 is 2.76 bits per heavy atom. The quantitative estimate of drug-likeness (QED) is 0.441. The van der Waals surface area contributed by atoms with Crippen molar-refractivity contribution in [3.05, 3.63) is 27.7 Å². The SMILES string of the molecule is CC1CCN(C(=O)COC(=O)/C=C/c2ccc(I)o2)CC1. The van der Waals surface area contributed by atoms with Crippen molar-refractivity contribution in [3.8, 4) is 0 Å². The van der Waals surface area contributed by atoms with Gasteiger partial charge in [0.25, 0.3) is 5.91 Å². The van der Waals surface area contributed by atoms with Crippen LogP contribution in [-0.2, 0) is 14.3 Å². The lowest BCUT2D eigenvalue weighted by Crippen LogP contribution is -2.40. The number of halogens is 1. The zero-order valence-corrected chi connectivity index (χ0v) is 14.0. The lowest BCUT2D eigenvalue weighted by atomic mass is 9.99. The number of hydrogen-bond donors (Lipinski definition) is 0. The van der Waals surface area contributed by atoms with Crippen molar-refractivity contribution in [1.82, 2.24) is 4.90 Å². The molecule has 1 saturated heterocycles. The number of esters is 1. The first-order chi connectivity index (χ1) is 10.0. The minimum atomic E-state index is -0.542. The summed E-state index contributed by atoms with van der Waals surface area (Å²) in [6.45, 7) is 3.48. The number of rotatable bonds is 4. The van der Waals surface area contributed by atoms with Gasteiger partial charge in [0.2, 0.25) is 0 Å². The van der Waals surface area contributed by atoms with Crippen LogP contribution >= 0.6 is 22.6 Å². The van der Waals surface area contributed by atoms with Crippen LogP contribution in [0.3, 0.4) is 0 Å². The maximum Gasteiger partial charge on any atom is 0.331 e. The summed E-state index contributed by atoms with van der Waals surface area (Å²) in [4.78, 5) is 25.2. The number of hydrogen-bond acceptors (Lipinski definition) is 4. The van der Waals surface area contributed by atoms with Gasteiger partial charge in [-0.05, 0) is 59.6 Å². The van der Waals surface area contributed by atoms with Gasteiger partial charge in [0, 0.05) is 19.2 Å². The van der Waals surface area contributed by atoms with E-state index in [-0.39, 0.29) is 12.5 Å². The third kappa shape index (κ3) is 5.18. The third-order valence-corrected chi connectivity index (χ3v) is 4.03. The normalized spacial score (nSPS) is 16.4. The number of carbonyl (C=O) groups excluding carboxylic acids is 2. The highest BCUT2D eigenvalue weighted by Gasteiger charge is 2.20. The molecule has 1 aliphatic rings. The minimum absolute atomic E-state index is 0.129. The van der Waals surface area contributed by atoms with Crippen molar-refractivity contribution < 1.29 is 18.7 Å². The van der Waals surface area contributed by atoms with Crippen molar-refractivity contribution in [2.75, 3.05) is 19.7 Å². The fraction of sp³-hybridized carbons (Fsp3) is 0.467. The van der Waals surface area contributed by atoms with Crippen molar-refractivity contribution in [1.29, 1.82) is 0 Å². The molecule has 0 aliphatic carbocycles. The van der Waals surface area contributed by atoms with Crippen molar-refractivity contribution in [2.45, 2.75) is 19.8 Å². The number of furan rings is 1. The summed E-state index contributed by atoms with van der Waals surface area (Å²) in [6, 6.07) is 3.55. The Labute approximate surface area is 137 Å². The second-order valence-corrected chi connectivity index (χ2v) is 6.21. The minimum Gasteiger partial charge on any atom is -0.452 e. The summed E-state index contributed by atoms with van der Waals surface area (Å²) in [6.07, 6.45) is 4.81. The number of nitrogens with zero attached hydrogens (tertiary/aromatic N) is 1. The molecule has 0 aromatic carbocycles. The highest BCUT2D eigenvalue weighted by molar-refractivity contribution is 14.1. The first kappa shape index (κ1) is 16.1. The Morgan fingerprint density at radius 1 is 1.43 bits per heavy atom. The molecule has 1 fully saturated rings. The summed E-state index contributed by atoms with van der Waals surface area (Å²) in [5, 5.41) is 0. The van der Waals surface area contributed by atoms with Gasteiger partial charge >= 0.3 is 5.97 Å². The number of ether oxygens (including phenoxy) is 1. The number of piperidine rings is 1. The number of carbonyl (C=O) groups is 2. The molecule has 0 unspecified atom stereocenters. The fourth-order valence-corrected chi connectivity index (χ4v) is 2.53. The molecule has 2 heterocycles. The lowest BCUT2D eigenvalue weighted by molar-refractivity contribution is -0.148. The Hall–Kier alpha value is -1.31. The second kappa shape index (κ2) is 7.63. The van der Waals surface area contributed by atoms with Crippen LogP contribution in [0.1, 0.15) is 25.5 Å². The molecule has 1 aliphatic heterocycles. The van der Waals surface area contributed by atoms with Crippen LogP contribution in [0.25, 0.3) is 6.08 Å². The van der Waals surface area contributed by atoms with Gasteiger partial charge < -0.3 is 14.1 Å². The highest BCUT2D eigenvalue weighted by Crippen LogP contribution is 2.16. The predicted octanol–water partition coefficient (Wildman–Crippen LogP) is 2.70. The van der Waals surface area contributed by atoms with Gasteiger partial charge in [-0.15, -0.1) is 0 Å². The predicted molar refractivity (Wildman–Crippen MR) is 86.4 cm³/mol. The number of amides is 1. The smallest absolute Gasteiger partial charge is 0.331 e. The van der Waals surface area contributed by atoms with E-state index in [0.29, 0.717) is 11.7 Å². The van der Waals surface area contributed by atoms with Gasteiger partial charge in [-0.1, -0.05) is 6.92 Å². The van der Waals surface area contributed by atoms with Gasteiger partial charge in [0.15, 0.2) is 10.4 Å². The van der Waals surface area contributed by atoms with Gasteiger partial charge in [-0.2, -0.15) is 0 Å². The molecule has 1 amide bonds. The van der Waals surface area contributed by atoms with E-state index >= 15 is 0 Å². The van der Waals surface area contributed by atoms with Crippen LogP contribution in [0.15, 0.2) is 22.6 Å². The molecular formula is C15H18INO4. The van der Waals surface area contributed by atoms with Crippen LogP contribution in [0, 0.1) is 9.68 Å². The third-order valence-electron chi connectivity index (χ3n) is 3.45. The van der Waals surface area contributed by atoms with E-state index in [9.17, 15) is 9.59 Å². The van der Waals surface area contributed by atoms with E-state index in [1.807, 2.05) is 22.6 Å². The molecule has 2 rings (SSSR count). The van der Waals surface area contributed by atoms with Gasteiger partial charge in [-0.25, -0.2) is 4.79 Å². The van der Waals surface area contributed by atoms with E-state index in [1.165, 1.54) is 12.2 Å². The van der Waals surface area contributed by atoms with Gasteiger partial charge in [0.05, 0.1) is 0 Å². The van der Waals surface area contributed by atoms with E-state index in [2.05, 4.69) is 6.92 Å². The topological polar surface area (TPSA) is 59.8 Å². The zero-order chi connectivity index (χ0) is 15.2. The first-order valence-corrected chi connectivity index (χ1v) is 8.00. The van der Waals surface area contributed by atoms with Crippen LogP contribution in [0.4, 0.5) is 0 Å². The highest BCUT2D eigenvalue weighted by atomic mass is 127. The average molecular weight is 403 g/mol. The van der Waals surface area contributed by atoms with Crippen molar-refractivity contribution in [3.63, 3.8) is 0 Å². The Kier molecular flexibility index (Phi) is 5.84. The molecule has 0 radical (unpaired) electrons. The molecule has 0 spiro atoms. The maximum atomic E-state index is 11.9. The van der Waals surface area contributed by atoms with Crippen molar-refractivity contribution >= 4 is 40.5 Å². The second-order valence-electron chi connectivity index (χ2n) is 5.15. The van der Waals surface area contributed by atoms with Crippen LogP contribution < -0.4 is 0 Å². The van der Waals surface area contributed by atoms with Crippen LogP contribution in [0.2, 0.25) is 0 Å². The van der Waals surface area contributed by atoms with Gasteiger partial charge in [0.1, 0.15) is 5.76 Å². The molecule has 21 heavy (non-hydrogen) atoms. The molecule has 0 saturated carbocycles. The number of likely N-dealkylation sites (tertiary alicyclic amines) is 1.